The Morgan fingerprint density at radius 1 is 1.41 bits per heavy atom. The van der Waals surface area contributed by atoms with E-state index in [4.69, 9.17) is 4.74 Å². The molecule has 3 heteroatoms. The first-order valence-electron chi connectivity index (χ1n) is 5.92. The normalized spacial score (nSPS) is 11.1. The third-order valence-corrected chi connectivity index (χ3v) is 2.76. The van der Waals surface area contributed by atoms with Crippen molar-refractivity contribution in [1.82, 2.24) is 4.98 Å². The first-order valence-corrected chi connectivity index (χ1v) is 5.92. The number of ether oxygens (including phenoxy) is 1. The number of nitrogens with one attached hydrogen (secondary N) is 1. The van der Waals surface area contributed by atoms with E-state index < -0.39 is 0 Å². The summed E-state index contributed by atoms with van der Waals surface area (Å²) in [7, 11) is 0. The van der Waals surface area contributed by atoms with Crippen LogP contribution in [0.1, 0.15) is 31.1 Å². The topological polar surface area (TPSA) is 42.1 Å². The zero-order valence-corrected chi connectivity index (χ0v) is 10.4. The Hall–Kier alpha value is -1.77. The number of carbonyl (C=O) groups is 1. The molecule has 0 amide bonds. The van der Waals surface area contributed by atoms with E-state index >= 15 is 0 Å². The van der Waals surface area contributed by atoms with Crippen LogP contribution in [0.15, 0.2) is 24.4 Å². The molecule has 0 bridgehead atoms. The van der Waals surface area contributed by atoms with Gasteiger partial charge < -0.3 is 9.72 Å². The van der Waals surface area contributed by atoms with Crippen molar-refractivity contribution in [2.75, 3.05) is 6.61 Å². The minimum absolute atomic E-state index is 0.0105. The zero-order valence-electron chi connectivity index (χ0n) is 10.4. The van der Waals surface area contributed by atoms with Gasteiger partial charge >= 0.3 is 0 Å². The van der Waals surface area contributed by atoms with E-state index in [-0.39, 0.29) is 11.7 Å². The van der Waals surface area contributed by atoms with Crippen LogP contribution in [0.4, 0.5) is 0 Å². The van der Waals surface area contributed by atoms with Gasteiger partial charge in [0, 0.05) is 23.2 Å². The summed E-state index contributed by atoms with van der Waals surface area (Å²) in [5.74, 6) is 0.905. The van der Waals surface area contributed by atoms with Crippen LogP contribution in [0.2, 0.25) is 0 Å². The van der Waals surface area contributed by atoms with Crippen molar-refractivity contribution in [3.05, 3.63) is 30.0 Å². The average molecular weight is 231 g/mol. The van der Waals surface area contributed by atoms with Gasteiger partial charge in [-0.25, -0.2) is 0 Å². The predicted octanol–water partition coefficient (Wildman–Crippen LogP) is 3.41. The van der Waals surface area contributed by atoms with Gasteiger partial charge in [-0.2, -0.15) is 0 Å². The maximum absolute atomic E-state index is 12.1. The van der Waals surface area contributed by atoms with Crippen LogP contribution < -0.4 is 4.74 Å². The van der Waals surface area contributed by atoms with E-state index in [1.807, 2.05) is 39.0 Å². The number of ketones is 1. The molecule has 0 aliphatic carbocycles. The zero-order chi connectivity index (χ0) is 12.4. The van der Waals surface area contributed by atoms with Crippen molar-refractivity contribution in [1.29, 1.82) is 0 Å². The molecule has 2 aromatic rings. The SMILES string of the molecule is CCOc1cccc2[nH]cc(C(=O)C(C)C)c12. The van der Waals surface area contributed by atoms with Crippen LogP contribution >= 0.6 is 0 Å². The molecular formula is C14H17NO2. The highest BCUT2D eigenvalue weighted by Gasteiger charge is 2.17. The third kappa shape index (κ3) is 2.05. The lowest BCUT2D eigenvalue weighted by Gasteiger charge is -2.07. The number of benzene rings is 1. The Bertz CT molecular complexity index is 540. The predicted molar refractivity (Wildman–Crippen MR) is 68.6 cm³/mol. The summed E-state index contributed by atoms with van der Waals surface area (Å²) in [6.07, 6.45) is 1.77. The number of H-pyrrole nitrogens is 1. The van der Waals surface area contributed by atoms with E-state index in [1.54, 1.807) is 6.20 Å². The largest absolute Gasteiger partial charge is 0.493 e. The van der Waals surface area contributed by atoms with Crippen molar-refractivity contribution >= 4 is 16.7 Å². The Morgan fingerprint density at radius 2 is 2.18 bits per heavy atom. The number of rotatable bonds is 4. The van der Waals surface area contributed by atoms with Crippen molar-refractivity contribution < 1.29 is 9.53 Å². The lowest BCUT2D eigenvalue weighted by Crippen LogP contribution is -2.07. The Kier molecular flexibility index (Phi) is 3.18. The minimum atomic E-state index is -0.0105. The van der Waals surface area contributed by atoms with Gasteiger partial charge in [0.25, 0.3) is 0 Å². The summed E-state index contributed by atoms with van der Waals surface area (Å²) >= 11 is 0. The standard InChI is InChI=1S/C14H17NO2/c1-4-17-12-7-5-6-11-13(12)10(8-15-11)14(16)9(2)3/h5-9,15H,4H2,1-3H3. The van der Waals surface area contributed by atoms with Crippen molar-refractivity contribution in [2.45, 2.75) is 20.8 Å². The molecule has 17 heavy (non-hydrogen) atoms. The molecule has 1 aromatic heterocycles. The Labute approximate surface area is 101 Å². The highest BCUT2D eigenvalue weighted by molar-refractivity contribution is 6.10. The molecule has 90 valence electrons. The molecule has 0 atom stereocenters. The smallest absolute Gasteiger partial charge is 0.167 e. The molecule has 1 aromatic carbocycles. The van der Waals surface area contributed by atoms with E-state index in [0.29, 0.717) is 6.61 Å². The monoisotopic (exact) mass is 231 g/mol. The molecule has 0 fully saturated rings. The van der Waals surface area contributed by atoms with Crippen molar-refractivity contribution in [2.24, 2.45) is 5.92 Å². The summed E-state index contributed by atoms with van der Waals surface area (Å²) in [6.45, 7) is 6.35. The Morgan fingerprint density at radius 3 is 2.82 bits per heavy atom. The second-order valence-corrected chi connectivity index (χ2v) is 4.33. The summed E-state index contributed by atoms with van der Waals surface area (Å²) in [6, 6.07) is 5.78. The first-order chi connectivity index (χ1) is 8.15. The minimum Gasteiger partial charge on any atom is -0.493 e. The molecule has 0 aliphatic rings. The number of carbonyl (C=O) groups excluding carboxylic acids is 1. The van der Waals surface area contributed by atoms with Crippen molar-refractivity contribution in [3.63, 3.8) is 0 Å². The lowest BCUT2D eigenvalue weighted by molar-refractivity contribution is 0.0941. The lowest BCUT2D eigenvalue weighted by atomic mass is 10.0. The summed E-state index contributed by atoms with van der Waals surface area (Å²) in [5.41, 5.74) is 1.67. The fourth-order valence-corrected chi connectivity index (χ4v) is 1.93. The van der Waals surface area contributed by atoms with Crippen LogP contribution in [0, 0.1) is 5.92 Å². The second-order valence-electron chi connectivity index (χ2n) is 4.33. The highest BCUT2D eigenvalue weighted by Crippen LogP contribution is 2.30. The molecule has 2 rings (SSSR count). The molecule has 0 unspecified atom stereocenters. The molecule has 1 heterocycles. The van der Waals surface area contributed by atoms with Crippen LogP contribution in [0.3, 0.4) is 0 Å². The van der Waals surface area contributed by atoms with Gasteiger partial charge in [0.15, 0.2) is 5.78 Å². The molecule has 0 saturated heterocycles. The van der Waals surface area contributed by atoms with Gasteiger partial charge in [0.2, 0.25) is 0 Å². The quantitative estimate of drug-likeness (QED) is 0.819. The van der Waals surface area contributed by atoms with Crippen molar-refractivity contribution in [3.8, 4) is 5.75 Å². The van der Waals surface area contributed by atoms with Crippen LogP contribution in [0.5, 0.6) is 5.75 Å². The number of Topliss-reactive ketones (excluding diaryl/α,β-unsaturated/α-hetero) is 1. The van der Waals surface area contributed by atoms with Crippen LogP contribution in [0.25, 0.3) is 10.9 Å². The van der Waals surface area contributed by atoms with E-state index in [1.165, 1.54) is 0 Å². The number of fused-ring (bicyclic) bond motifs is 1. The van der Waals surface area contributed by atoms with Gasteiger partial charge in [-0.3, -0.25) is 4.79 Å². The highest BCUT2D eigenvalue weighted by atomic mass is 16.5. The summed E-state index contributed by atoms with van der Waals surface area (Å²) < 4.78 is 5.58. The molecule has 0 aliphatic heterocycles. The molecule has 0 radical (unpaired) electrons. The van der Waals surface area contributed by atoms with E-state index in [2.05, 4.69) is 4.98 Å². The number of aromatic amines is 1. The molecule has 1 N–H and O–H groups in total. The molecule has 0 spiro atoms. The van der Waals surface area contributed by atoms with Gasteiger partial charge in [-0.15, -0.1) is 0 Å². The van der Waals surface area contributed by atoms with Crippen LogP contribution in [-0.4, -0.2) is 17.4 Å². The van der Waals surface area contributed by atoms with Gasteiger partial charge in [0.05, 0.1) is 12.0 Å². The molecule has 0 saturated carbocycles. The second kappa shape index (κ2) is 4.62. The van der Waals surface area contributed by atoms with E-state index in [9.17, 15) is 4.79 Å². The van der Waals surface area contributed by atoms with Gasteiger partial charge in [-0.1, -0.05) is 19.9 Å². The summed E-state index contributed by atoms with van der Waals surface area (Å²) in [4.78, 5) is 15.2. The van der Waals surface area contributed by atoms with Gasteiger partial charge in [0.1, 0.15) is 5.75 Å². The number of hydrogen-bond acceptors (Lipinski definition) is 2. The molecule has 3 nitrogen and oxygen atoms in total. The maximum atomic E-state index is 12.1. The number of aromatic nitrogens is 1. The van der Waals surface area contributed by atoms with Crippen LogP contribution in [-0.2, 0) is 0 Å². The third-order valence-electron chi connectivity index (χ3n) is 2.76. The fraction of sp³-hybridized carbons (Fsp3) is 0.357. The molecular weight excluding hydrogens is 214 g/mol. The first kappa shape index (κ1) is 11.7. The fourth-order valence-electron chi connectivity index (χ4n) is 1.93. The average Bonchev–Trinajstić information content (AvgIpc) is 2.73. The maximum Gasteiger partial charge on any atom is 0.167 e. The number of hydrogen-bond donors (Lipinski definition) is 1. The van der Waals surface area contributed by atoms with E-state index in [0.717, 1.165) is 22.2 Å². The Balaban J connectivity index is 2.61. The summed E-state index contributed by atoms with van der Waals surface area (Å²) in [5, 5.41) is 0.896. The van der Waals surface area contributed by atoms with Gasteiger partial charge in [-0.05, 0) is 19.1 Å².